The van der Waals surface area contributed by atoms with Crippen LogP contribution in [-0.4, -0.2) is 39.6 Å². The number of aromatic nitrogens is 4. The summed E-state index contributed by atoms with van der Waals surface area (Å²) in [5.74, 6) is -0.00395. The van der Waals surface area contributed by atoms with Gasteiger partial charge in [-0.15, -0.1) is 0 Å². The second-order valence-electron chi connectivity index (χ2n) is 6.55. The third-order valence-corrected chi connectivity index (χ3v) is 6.15. The van der Waals surface area contributed by atoms with E-state index < -0.39 is 16.1 Å². The van der Waals surface area contributed by atoms with Crippen LogP contribution >= 0.6 is 0 Å². The standard InChI is InChI=1S/C17H19N5O3S/c1-22-19-14-6-4-7-15(17(14)20-22)26(24,25)21-16(11-9-12(23)10-11)13-5-2-3-8-18-13/h2-8,11-12,16,21,23H,9-10H2,1H3/t11?,12?,16-/m1/s1. The summed E-state index contributed by atoms with van der Waals surface area (Å²) in [6, 6.07) is 9.78. The highest BCUT2D eigenvalue weighted by molar-refractivity contribution is 7.89. The minimum atomic E-state index is -3.85. The van der Waals surface area contributed by atoms with Gasteiger partial charge in [0.25, 0.3) is 0 Å². The van der Waals surface area contributed by atoms with Crippen molar-refractivity contribution >= 4 is 21.1 Å². The minimum absolute atomic E-state index is 0.00395. The number of sulfonamides is 1. The van der Waals surface area contributed by atoms with E-state index in [1.165, 1.54) is 10.9 Å². The normalized spacial score (nSPS) is 21.5. The van der Waals surface area contributed by atoms with E-state index in [0.717, 1.165) is 0 Å². The van der Waals surface area contributed by atoms with Crippen LogP contribution in [0.5, 0.6) is 0 Å². The molecule has 0 amide bonds. The van der Waals surface area contributed by atoms with Gasteiger partial charge in [0.15, 0.2) is 0 Å². The molecule has 8 nitrogen and oxygen atoms in total. The molecule has 0 spiro atoms. The highest BCUT2D eigenvalue weighted by atomic mass is 32.2. The molecule has 1 atom stereocenters. The van der Waals surface area contributed by atoms with Crippen LogP contribution in [0.3, 0.4) is 0 Å². The lowest BCUT2D eigenvalue weighted by Gasteiger charge is -2.37. The molecule has 0 unspecified atom stereocenters. The smallest absolute Gasteiger partial charge is 0.243 e. The van der Waals surface area contributed by atoms with Crippen molar-refractivity contribution in [3.8, 4) is 0 Å². The zero-order valence-corrected chi connectivity index (χ0v) is 15.0. The SMILES string of the molecule is Cn1nc2cccc(S(=O)(=O)N[C@@H](c3ccccn3)C3CC(O)C3)c2n1. The number of aliphatic hydroxyl groups excluding tert-OH is 1. The van der Waals surface area contributed by atoms with Crippen molar-refractivity contribution in [1.29, 1.82) is 0 Å². The first-order chi connectivity index (χ1) is 12.4. The topological polar surface area (TPSA) is 110 Å². The van der Waals surface area contributed by atoms with E-state index in [9.17, 15) is 13.5 Å². The molecule has 0 aliphatic heterocycles. The summed E-state index contributed by atoms with van der Waals surface area (Å²) < 4.78 is 28.9. The second-order valence-corrected chi connectivity index (χ2v) is 8.23. The number of aliphatic hydroxyl groups is 1. The molecule has 2 N–H and O–H groups in total. The molecular weight excluding hydrogens is 354 g/mol. The number of fused-ring (bicyclic) bond motifs is 1. The maximum absolute atomic E-state index is 13.1. The highest BCUT2D eigenvalue weighted by Gasteiger charge is 2.38. The molecule has 9 heteroatoms. The molecule has 1 fully saturated rings. The van der Waals surface area contributed by atoms with Crippen molar-refractivity contribution in [1.82, 2.24) is 24.7 Å². The van der Waals surface area contributed by atoms with Crippen LogP contribution in [0, 0.1) is 5.92 Å². The maximum Gasteiger partial charge on any atom is 0.243 e. The van der Waals surface area contributed by atoms with Gasteiger partial charge >= 0.3 is 0 Å². The van der Waals surface area contributed by atoms with Crippen LogP contribution in [0.4, 0.5) is 0 Å². The quantitative estimate of drug-likeness (QED) is 0.694. The van der Waals surface area contributed by atoms with Gasteiger partial charge in [-0.1, -0.05) is 12.1 Å². The number of rotatable bonds is 5. The van der Waals surface area contributed by atoms with Crippen LogP contribution in [0.15, 0.2) is 47.5 Å². The molecule has 1 aliphatic carbocycles. The number of hydrogen-bond acceptors (Lipinski definition) is 6. The van der Waals surface area contributed by atoms with E-state index in [-0.39, 0.29) is 16.9 Å². The van der Waals surface area contributed by atoms with Gasteiger partial charge in [-0.05, 0) is 43.0 Å². The van der Waals surface area contributed by atoms with Crippen LogP contribution in [-0.2, 0) is 17.1 Å². The van der Waals surface area contributed by atoms with Gasteiger partial charge < -0.3 is 5.11 Å². The van der Waals surface area contributed by atoms with E-state index >= 15 is 0 Å². The van der Waals surface area contributed by atoms with E-state index in [1.54, 1.807) is 37.5 Å². The fourth-order valence-electron chi connectivity index (χ4n) is 3.32. The fourth-order valence-corrected chi connectivity index (χ4v) is 4.75. The average Bonchev–Trinajstić information content (AvgIpc) is 2.98. The molecule has 0 bridgehead atoms. The van der Waals surface area contributed by atoms with Crippen LogP contribution in [0.25, 0.3) is 11.0 Å². The molecule has 0 saturated heterocycles. The number of aryl methyl sites for hydroxylation is 1. The molecule has 2 heterocycles. The van der Waals surface area contributed by atoms with Crippen molar-refractivity contribution in [3.05, 3.63) is 48.3 Å². The Morgan fingerprint density at radius 1 is 1.19 bits per heavy atom. The maximum atomic E-state index is 13.1. The van der Waals surface area contributed by atoms with Crippen molar-refractivity contribution in [3.63, 3.8) is 0 Å². The first-order valence-electron chi connectivity index (χ1n) is 8.35. The Balaban J connectivity index is 1.72. The Morgan fingerprint density at radius 3 is 2.69 bits per heavy atom. The molecule has 3 aromatic rings. The van der Waals surface area contributed by atoms with E-state index in [0.29, 0.717) is 29.6 Å². The summed E-state index contributed by atoms with van der Waals surface area (Å²) in [6.45, 7) is 0. The molecule has 136 valence electrons. The van der Waals surface area contributed by atoms with Gasteiger partial charge in [-0.2, -0.15) is 15.0 Å². The third-order valence-electron chi connectivity index (χ3n) is 4.67. The number of nitrogens with zero attached hydrogens (tertiary/aromatic N) is 4. The second kappa shape index (κ2) is 6.42. The molecule has 4 rings (SSSR count). The Labute approximate surface area is 150 Å². The van der Waals surface area contributed by atoms with Gasteiger partial charge in [-0.3, -0.25) is 4.98 Å². The van der Waals surface area contributed by atoms with Gasteiger partial charge in [0.1, 0.15) is 15.9 Å². The number of benzene rings is 1. The Morgan fingerprint density at radius 2 is 2.00 bits per heavy atom. The lowest BCUT2D eigenvalue weighted by Crippen LogP contribution is -2.41. The van der Waals surface area contributed by atoms with Gasteiger partial charge in [0.2, 0.25) is 10.0 Å². The van der Waals surface area contributed by atoms with Crippen LogP contribution < -0.4 is 4.72 Å². The average molecular weight is 373 g/mol. The number of nitrogens with one attached hydrogen (secondary N) is 1. The first kappa shape index (κ1) is 17.1. The Hall–Kier alpha value is -2.36. The lowest BCUT2D eigenvalue weighted by atomic mass is 9.76. The number of pyridine rings is 1. The van der Waals surface area contributed by atoms with Gasteiger partial charge in [0, 0.05) is 13.2 Å². The molecule has 1 aromatic carbocycles. The Bertz CT molecular complexity index is 1030. The Kier molecular flexibility index (Phi) is 4.22. The molecule has 1 saturated carbocycles. The highest BCUT2D eigenvalue weighted by Crippen LogP contribution is 2.38. The summed E-state index contributed by atoms with van der Waals surface area (Å²) in [5.41, 5.74) is 1.49. The van der Waals surface area contributed by atoms with Crippen molar-refractivity contribution in [2.75, 3.05) is 0 Å². The predicted octanol–water partition coefficient (Wildman–Crippen LogP) is 1.15. The summed E-state index contributed by atoms with van der Waals surface area (Å²) >= 11 is 0. The van der Waals surface area contributed by atoms with Gasteiger partial charge in [-0.25, -0.2) is 13.1 Å². The predicted molar refractivity (Wildman–Crippen MR) is 94.5 cm³/mol. The van der Waals surface area contributed by atoms with E-state index in [4.69, 9.17) is 0 Å². The van der Waals surface area contributed by atoms with E-state index in [1.807, 2.05) is 6.07 Å². The first-order valence-corrected chi connectivity index (χ1v) is 9.84. The summed E-state index contributed by atoms with van der Waals surface area (Å²) in [7, 11) is -2.20. The monoisotopic (exact) mass is 373 g/mol. The molecular formula is C17H19N5O3S. The summed E-state index contributed by atoms with van der Waals surface area (Å²) in [6.07, 6.45) is 2.33. The third kappa shape index (κ3) is 3.09. The largest absolute Gasteiger partial charge is 0.393 e. The molecule has 0 radical (unpaired) electrons. The summed E-state index contributed by atoms with van der Waals surface area (Å²) in [5, 5.41) is 18.0. The lowest BCUT2D eigenvalue weighted by molar-refractivity contribution is 0.0273. The zero-order valence-electron chi connectivity index (χ0n) is 14.1. The van der Waals surface area contributed by atoms with Crippen molar-refractivity contribution < 1.29 is 13.5 Å². The van der Waals surface area contributed by atoms with Crippen molar-refractivity contribution in [2.24, 2.45) is 13.0 Å². The number of hydrogen-bond donors (Lipinski definition) is 2. The molecule has 26 heavy (non-hydrogen) atoms. The van der Waals surface area contributed by atoms with Crippen LogP contribution in [0.1, 0.15) is 24.6 Å². The fraction of sp³-hybridized carbons (Fsp3) is 0.353. The van der Waals surface area contributed by atoms with Crippen LogP contribution in [0.2, 0.25) is 0 Å². The molecule has 1 aliphatic rings. The minimum Gasteiger partial charge on any atom is -0.393 e. The zero-order chi connectivity index (χ0) is 18.3. The van der Waals surface area contributed by atoms with E-state index in [2.05, 4.69) is 19.9 Å². The van der Waals surface area contributed by atoms with Gasteiger partial charge in [0.05, 0.1) is 17.8 Å². The van der Waals surface area contributed by atoms with Crippen molar-refractivity contribution in [2.45, 2.75) is 29.9 Å². The summed E-state index contributed by atoms with van der Waals surface area (Å²) in [4.78, 5) is 5.75. The molecule has 2 aromatic heterocycles.